The van der Waals surface area contributed by atoms with Crippen molar-refractivity contribution in [2.24, 2.45) is 5.92 Å². The fourth-order valence-electron chi connectivity index (χ4n) is 2.64. The molecule has 0 aromatic carbocycles. The Hall–Kier alpha value is 0.0900. The predicted octanol–water partition coefficient (Wildman–Crippen LogP) is 3.88. The number of carbonyl (C=O) groups is 1. The average molecular weight is 422 g/mol. The van der Waals surface area contributed by atoms with Gasteiger partial charge < -0.3 is 10.2 Å². The Bertz CT molecular complexity index is 476. The second-order valence-electron chi connectivity index (χ2n) is 5.68. The summed E-state index contributed by atoms with van der Waals surface area (Å²) in [6.07, 6.45) is 4.97. The number of amides is 1. The first kappa shape index (κ1) is 15.0. The Morgan fingerprint density at radius 2 is 2.15 bits per heavy atom. The van der Waals surface area contributed by atoms with Gasteiger partial charge in [-0.2, -0.15) is 0 Å². The van der Waals surface area contributed by atoms with Crippen molar-refractivity contribution in [2.75, 3.05) is 19.6 Å². The topological polar surface area (TPSA) is 32.3 Å². The van der Waals surface area contributed by atoms with E-state index in [4.69, 9.17) is 0 Å². The Balaban J connectivity index is 1.70. The molecule has 1 aliphatic carbocycles. The molecule has 0 bridgehead atoms. The molecule has 3 nitrogen and oxygen atoms in total. The van der Waals surface area contributed by atoms with E-state index >= 15 is 0 Å². The molecule has 1 amide bonds. The van der Waals surface area contributed by atoms with Crippen LogP contribution in [0, 0.1) is 5.92 Å². The largest absolute Gasteiger partial charge is 0.336 e. The van der Waals surface area contributed by atoms with Gasteiger partial charge in [0.25, 0.3) is 5.91 Å². The van der Waals surface area contributed by atoms with Gasteiger partial charge in [-0.1, -0.05) is 0 Å². The maximum Gasteiger partial charge on any atom is 0.264 e. The van der Waals surface area contributed by atoms with E-state index in [2.05, 4.69) is 42.1 Å². The Morgan fingerprint density at radius 1 is 1.35 bits per heavy atom. The van der Waals surface area contributed by atoms with Crippen molar-refractivity contribution in [1.82, 2.24) is 10.2 Å². The highest BCUT2D eigenvalue weighted by Crippen LogP contribution is 2.34. The van der Waals surface area contributed by atoms with Crippen molar-refractivity contribution < 1.29 is 4.79 Å². The van der Waals surface area contributed by atoms with Crippen LogP contribution in [0.4, 0.5) is 0 Å². The highest BCUT2D eigenvalue weighted by atomic mass is 79.9. The molecule has 1 saturated carbocycles. The summed E-state index contributed by atoms with van der Waals surface area (Å²) in [5, 5.41) is 3.49. The fraction of sp³-hybridized carbons (Fsp3) is 0.643. The van der Waals surface area contributed by atoms with Crippen LogP contribution in [0.2, 0.25) is 0 Å². The molecule has 1 saturated heterocycles. The van der Waals surface area contributed by atoms with Crippen LogP contribution in [-0.4, -0.2) is 36.5 Å². The van der Waals surface area contributed by atoms with Crippen LogP contribution >= 0.6 is 43.2 Å². The highest BCUT2D eigenvalue weighted by Gasteiger charge is 2.30. The molecule has 1 aliphatic heterocycles. The molecular weight excluding hydrogens is 404 g/mol. The maximum atomic E-state index is 12.7. The number of nitrogens with zero attached hydrogens (tertiary/aromatic N) is 1. The molecule has 3 rings (SSSR count). The number of thiophene rings is 1. The fourth-order valence-corrected chi connectivity index (χ4v) is 4.64. The molecule has 0 radical (unpaired) electrons. The number of hydrogen-bond acceptors (Lipinski definition) is 3. The monoisotopic (exact) mass is 420 g/mol. The molecule has 6 heteroatoms. The van der Waals surface area contributed by atoms with Gasteiger partial charge in [0.15, 0.2) is 0 Å². The van der Waals surface area contributed by atoms with Crippen LogP contribution in [0.5, 0.6) is 0 Å². The van der Waals surface area contributed by atoms with Gasteiger partial charge in [-0.3, -0.25) is 4.79 Å². The van der Waals surface area contributed by atoms with Crippen LogP contribution in [0.25, 0.3) is 0 Å². The summed E-state index contributed by atoms with van der Waals surface area (Å²) in [5.41, 5.74) is 0. The second kappa shape index (κ2) is 6.46. The van der Waals surface area contributed by atoms with Gasteiger partial charge in [-0.15, -0.1) is 11.3 Å². The first-order chi connectivity index (χ1) is 9.63. The summed E-state index contributed by atoms with van der Waals surface area (Å²) >= 11 is 8.45. The van der Waals surface area contributed by atoms with E-state index in [9.17, 15) is 4.79 Å². The Labute approximate surface area is 140 Å². The van der Waals surface area contributed by atoms with Crippen molar-refractivity contribution in [1.29, 1.82) is 0 Å². The van der Waals surface area contributed by atoms with E-state index in [1.165, 1.54) is 37.0 Å². The lowest BCUT2D eigenvalue weighted by Crippen LogP contribution is -2.41. The first-order valence-corrected chi connectivity index (χ1v) is 9.51. The second-order valence-corrected chi connectivity index (χ2v) is 8.90. The van der Waals surface area contributed by atoms with Crippen LogP contribution in [0.3, 0.4) is 0 Å². The van der Waals surface area contributed by atoms with Crippen LogP contribution in [0.15, 0.2) is 14.3 Å². The van der Waals surface area contributed by atoms with Gasteiger partial charge in [-0.05, 0) is 76.1 Å². The van der Waals surface area contributed by atoms with Crippen LogP contribution in [-0.2, 0) is 0 Å². The molecule has 1 atom stereocenters. The van der Waals surface area contributed by atoms with Gasteiger partial charge in [0.05, 0.1) is 8.66 Å². The van der Waals surface area contributed by atoms with Crippen molar-refractivity contribution in [3.63, 3.8) is 0 Å². The Kier molecular flexibility index (Phi) is 4.85. The van der Waals surface area contributed by atoms with Crippen molar-refractivity contribution in [3.05, 3.63) is 19.2 Å². The minimum absolute atomic E-state index is 0.182. The van der Waals surface area contributed by atoms with Gasteiger partial charge in [0.1, 0.15) is 0 Å². The van der Waals surface area contributed by atoms with E-state index < -0.39 is 0 Å². The third-order valence-corrected chi connectivity index (χ3v) is 7.17. The van der Waals surface area contributed by atoms with Crippen molar-refractivity contribution in [2.45, 2.75) is 31.7 Å². The summed E-state index contributed by atoms with van der Waals surface area (Å²) in [5.74, 6) is 0.911. The molecule has 1 unspecified atom stereocenters. The lowest BCUT2D eigenvalue weighted by molar-refractivity contribution is 0.0738. The van der Waals surface area contributed by atoms with Crippen molar-refractivity contribution in [3.8, 4) is 0 Å². The number of nitrogens with one attached hydrogen (secondary N) is 1. The normalized spacial score (nSPS) is 22.2. The number of halogens is 2. The zero-order chi connectivity index (χ0) is 14.1. The number of carbonyl (C=O) groups excluding carboxylic acids is 1. The zero-order valence-corrected chi connectivity index (χ0v) is 15.2. The SMILES string of the molecule is O=C(c1cc(Br)c(Br)s1)N(CC1CC1)CC1CCCN1. The summed E-state index contributed by atoms with van der Waals surface area (Å²) in [6.45, 7) is 2.86. The third kappa shape index (κ3) is 3.64. The van der Waals surface area contributed by atoms with E-state index in [-0.39, 0.29) is 5.91 Å². The quantitative estimate of drug-likeness (QED) is 0.782. The zero-order valence-electron chi connectivity index (χ0n) is 11.2. The molecule has 2 aliphatic rings. The molecule has 0 spiro atoms. The molecule has 2 fully saturated rings. The summed E-state index contributed by atoms with van der Waals surface area (Å²) in [6, 6.07) is 2.41. The lowest BCUT2D eigenvalue weighted by atomic mass is 10.2. The van der Waals surface area contributed by atoms with Gasteiger partial charge in [0.2, 0.25) is 0 Å². The number of hydrogen-bond donors (Lipinski definition) is 1. The number of rotatable bonds is 5. The minimum Gasteiger partial charge on any atom is -0.336 e. The third-order valence-electron chi connectivity index (χ3n) is 3.92. The molecule has 20 heavy (non-hydrogen) atoms. The van der Waals surface area contributed by atoms with E-state index in [1.54, 1.807) is 0 Å². The van der Waals surface area contributed by atoms with E-state index in [1.807, 2.05) is 6.07 Å². The lowest BCUT2D eigenvalue weighted by Gasteiger charge is -2.25. The summed E-state index contributed by atoms with van der Waals surface area (Å²) in [4.78, 5) is 15.6. The van der Waals surface area contributed by atoms with Crippen LogP contribution in [0.1, 0.15) is 35.4 Å². The standard InChI is InChI=1S/C14H18Br2N2OS/c15-11-6-12(20-13(11)16)14(19)18(7-9-3-4-9)8-10-2-1-5-17-10/h6,9-10,17H,1-5,7-8H2. The van der Waals surface area contributed by atoms with Gasteiger partial charge in [0, 0.05) is 23.6 Å². The van der Waals surface area contributed by atoms with Gasteiger partial charge in [-0.25, -0.2) is 0 Å². The highest BCUT2D eigenvalue weighted by molar-refractivity contribution is 9.13. The maximum absolute atomic E-state index is 12.7. The van der Waals surface area contributed by atoms with Gasteiger partial charge >= 0.3 is 0 Å². The predicted molar refractivity (Wildman–Crippen MR) is 89.4 cm³/mol. The first-order valence-electron chi connectivity index (χ1n) is 7.11. The molecule has 110 valence electrons. The average Bonchev–Trinajstić information content (AvgIpc) is 2.96. The van der Waals surface area contributed by atoms with E-state index in [0.717, 1.165) is 38.7 Å². The molecular formula is C14H18Br2N2OS. The van der Waals surface area contributed by atoms with E-state index in [0.29, 0.717) is 6.04 Å². The Morgan fingerprint density at radius 3 is 2.70 bits per heavy atom. The summed E-state index contributed by atoms with van der Waals surface area (Å²) in [7, 11) is 0. The molecule has 2 heterocycles. The molecule has 1 aromatic rings. The molecule has 1 aromatic heterocycles. The smallest absolute Gasteiger partial charge is 0.264 e. The summed E-state index contributed by atoms with van der Waals surface area (Å²) < 4.78 is 1.96. The minimum atomic E-state index is 0.182. The van der Waals surface area contributed by atoms with Crippen molar-refractivity contribution >= 4 is 49.1 Å². The van der Waals surface area contributed by atoms with Crippen LogP contribution < -0.4 is 5.32 Å². The molecule has 1 N–H and O–H groups in total.